The van der Waals surface area contributed by atoms with Gasteiger partial charge in [0.15, 0.2) is 11.3 Å². The van der Waals surface area contributed by atoms with Crippen molar-refractivity contribution in [2.45, 2.75) is 5.03 Å². The molecule has 37 valence electrons. The van der Waals surface area contributed by atoms with E-state index in [9.17, 15) is 0 Å². The molecule has 4 heteroatoms. The van der Waals surface area contributed by atoms with E-state index >= 15 is 0 Å². The van der Waals surface area contributed by atoms with Crippen LogP contribution in [0.3, 0.4) is 0 Å². The maximum Gasteiger partial charge on any atom is 0.160 e. The Morgan fingerprint density at radius 3 is 3.00 bits per heavy atom. The van der Waals surface area contributed by atoms with Crippen LogP contribution in [0.25, 0.3) is 0 Å². The normalized spacial score (nSPS) is 9.29. The fourth-order valence-electron chi connectivity index (χ4n) is 0.219. The van der Waals surface area contributed by atoms with Gasteiger partial charge in [0, 0.05) is 11.5 Å². The summed E-state index contributed by atoms with van der Waals surface area (Å²) in [6.07, 6.45) is 4.92. The van der Waals surface area contributed by atoms with E-state index in [2.05, 4.69) is 21.1 Å². The molecule has 0 N–H and O–H groups in total. The van der Waals surface area contributed by atoms with Crippen molar-refractivity contribution in [2.24, 2.45) is 0 Å². The molecule has 1 rings (SSSR count). The Morgan fingerprint density at radius 2 is 2.71 bits per heavy atom. The quantitative estimate of drug-likeness (QED) is 0.511. The van der Waals surface area contributed by atoms with E-state index in [4.69, 9.17) is 0 Å². The molecule has 1 heterocycles. The number of nitrogens with zero attached hydrogens (tertiary/aromatic N) is 2. The lowest BCUT2D eigenvalue weighted by Crippen LogP contribution is -1.63. The Kier molecular flexibility index (Phi) is 1.31. The lowest BCUT2D eigenvalue weighted by Gasteiger charge is -1.72. The van der Waals surface area contributed by atoms with E-state index in [-0.39, 0.29) is 0 Å². The Morgan fingerprint density at radius 1 is 1.86 bits per heavy atom. The van der Waals surface area contributed by atoms with Crippen LogP contribution in [0.15, 0.2) is 15.8 Å². The highest BCUT2D eigenvalue weighted by atomic mass is 32.2. The second-order valence-electron chi connectivity index (χ2n) is 0.887. The Balaban J connectivity index is 2.76. The lowest BCUT2D eigenvalue weighted by molar-refractivity contribution is 0.392. The molecule has 1 aromatic rings. The Labute approximate surface area is 45.1 Å². The van der Waals surface area contributed by atoms with Gasteiger partial charge < -0.3 is 4.52 Å². The highest BCUT2D eigenvalue weighted by molar-refractivity contribution is 8.00. The van der Waals surface area contributed by atoms with Crippen LogP contribution in [-0.2, 0) is 0 Å². The van der Waals surface area contributed by atoms with E-state index in [0.29, 0.717) is 5.03 Å². The minimum absolute atomic E-state index is 0.708. The predicted molar refractivity (Wildman–Crippen MR) is 25.5 cm³/mol. The van der Waals surface area contributed by atoms with Gasteiger partial charge in [-0.2, -0.15) is 0 Å². The van der Waals surface area contributed by atoms with Crippen LogP contribution in [0, 0.1) is 6.26 Å². The maximum atomic E-state index is 4.38. The molecule has 0 atom stereocenters. The summed E-state index contributed by atoms with van der Waals surface area (Å²) >= 11 is 1.26. The molecule has 0 aliphatic heterocycles. The van der Waals surface area contributed by atoms with Gasteiger partial charge >= 0.3 is 0 Å². The minimum atomic E-state index is 0.708. The standard InChI is InChI=1S/C3H3N2OS/c1-7-3-2-6-5-4-3/h2H,1H2. The summed E-state index contributed by atoms with van der Waals surface area (Å²) in [6.45, 7) is 0. The van der Waals surface area contributed by atoms with Crippen molar-refractivity contribution in [3.63, 3.8) is 0 Å². The van der Waals surface area contributed by atoms with Gasteiger partial charge in [-0.25, -0.2) is 0 Å². The minimum Gasteiger partial charge on any atom is -0.344 e. The summed E-state index contributed by atoms with van der Waals surface area (Å²) in [4.78, 5) is 0. The number of rotatable bonds is 1. The molecule has 0 amide bonds. The number of hydrogen-bond acceptors (Lipinski definition) is 4. The molecule has 7 heavy (non-hydrogen) atoms. The first-order valence-corrected chi connectivity index (χ1v) is 2.61. The first kappa shape index (κ1) is 4.64. The van der Waals surface area contributed by atoms with E-state index in [1.807, 2.05) is 0 Å². The van der Waals surface area contributed by atoms with Crippen LogP contribution in [0.2, 0.25) is 0 Å². The van der Waals surface area contributed by atoms with Gasteiger partial charge in [0.25, 0.3) is 0 Å². The highest BCUT2D eigenvalue weighted by Crippen LogP contribution is 2.08. The third-order valence-corrected chi connectivity index (χ3v) is 0.962. The van der Waals surface area contributed by atoms with E-state index < -0.39 is 0 Å². The van der Waals surface area contributed by atoms with Crippen molar-refractivity contribution in [1.82, 2.24) is 10.4 Å². The average Bonchev–Trinajstić information content (AvgIpc) is 2.14. The smallest absolute Gasteiger partial charge is 0.160 e. The van der Waals surface area contributed by atoms with Crippen LogP contribution >= 0.6 is 11.8 Å². The topological polar surface area (TPSA) is 38.9 Å². The predicted octanol–water partition coefficient (Wildman–Crippen LogP) is 0.953. The zero-order valence-electron chi connectivity index (χ0n) is 3.50. The summed E-state index contributed by atoms with van der Waals surface area (Å²) in [7, 11) is 0. The molecule has 0 unspecified atom stereocenters. The molecule has 0 spiro atoms. The van der Waals surface area contributed by atoms with Gasteiger partial charge in [-0.3, -0.25) is 0 Å². The summed E-state index contributed by atoms with van der Waals surface area (Å²) < 4.78 is 4.38. The zero-order chi connectivity index (χ0) is 5.11. The lowest BCUT2D eigenvalue weighted by atomic mass is 11.0. The van der Waals surface area contributed by atoms with Crippen molar-refractivity contribution < 1.29 is 4.52 Å². The van der Waals surface area contributed by atoms with Gasteiger partial charge in [0.1, 0.15) is 0 Å². The highest BCUT2D eigenvalue weighted by Gasteiger charge is 1.88. The summed E-state index contributed by atoms with van der Waals surface area (Å²) in [6, 6.07) is 0. The average molecular weight is 115 g/mol. The molecule has 0 saturated carbocycles. The zero-order valence-corrected chi connectivity index (χ0v) is 4.31. The molecule has 1 radical (unpaired) electrons. The van der Waals surface area contributed by atoms with Gasteiger partial charge in [-0.05, 0) is 0 Å². The third kappa shape index (κ3) is 0.928. The van der Waals surface area contributed by atoms with E-state index in [1.165, 1.54) is 18.0 Å². The van der Waals surface area contributed by atoms with Crippen LogP contribution in [-0.4, -0.2) is 10.4 Å². The Hall–Kier alpha value is -0.510. The largest absolute Gasteiger partial charge is 0.344 e. The number of aromatic nitrogens is 2. The van der Waals surface area contributed by atoms with Crippen molar-refractivity contribution in [3.05, 3.63) is 12.5 Å². The molecular formula is C3H3N2OS. The van der Waals surface area contributed by atoms with Gasteiger partial charge in [-0.15, -0.1) is 16.9 Å². The maximum absolute atomic E-state index is 4.38. The third-order valence-electron chi connectivity index (χ3n) is 0.488. The second kappa shape index (κ2) is 1.97. The van der Waals surface area contributed by atoms with Crippen molar-refractivity contribution in [3.8, 4) is 0 Å². The Bertz CT molecular complexity index is 127. The molecular weight excluding hydrogens is 112 g/mol. The van der Waals surface area contributed by atoms with E-state index in [0.717, 1.165) is 0 Å². The van der Waals surface area contributed by atoms with Crippen molar-refractivity contribution in [1.29, 1.82) is 0 Å². The van der Waals surface area contributed by atoms with Crippen molar-refractivity contribution in [2.75, 3.05) is 0 Å². The van der Waals surface area contributed by atoms with Crippen LogP contribution in [0.5, 0.6) is 0 Å². The molecule has 0 saturated heterocycles. The van der Waals surface area contributed by atoms with Crippen molar-refractivity contribution >= 4 is 11.8 Å². The molecule has 0 fully saturated rings. The SMILES string of the molecule is [CH2]Sc1conn1. The summed E-state index contributed by atoms with van der Waals surface area (Å²) in [5.41, 5.74) is 0. The first-order valence-electron chi connectivity index (χ1n) is 1.62. The second-order valence-corrected chi connectivity index (χ2v) is 1.59. The number of thioether (sulfide) groups is 1. The van der Waals surface area contributed by atoms with Crippen LogP contribution < -0.4 is 0 Å². The van der Waals surface area contributed by atoms with Gasteiger partial charge in [-0.1, -0.05) is 0 Å². The first-order chi connectivity index (χ1) is 3.43. The van der Waals surface area contributed by atoms with Gasteiger partial charge in [0.05, 0.1) is 0 Å². The molecule has 3 nitrogen and oxygen atoms in total. The monoisotopic (exact) mass is 115 g/mol. The van der Waals surface area contributed by atoms with Gasteiger partial charge in [0.2, 0.25) is 0 Å². The summed E-state index contributed by atoms with van der Waals surface area (Å²) in [5, 5.41) is 7.43. The fourth-order valence-corrected chi connectivity index (χ4v) is 0.421. The summed E-state index contributed by atoms with van der Waals surface area (Å²) in [5.74, 6) is 0. The number of hydrogen-bond donors (Lipinski definition) is 0. The fraction of sp³-hybridized carbons (Fsp3) is 0. The molecule has 0 aliphatic rings. The van der Waals surface area contributed by atoms with Crippen LogP contribution in [0.1, 0.15) is 0 Å². The van der Waals surface area contributed by atoms with Crippen LogP contribution in [0.4, 0.5) is 0 Å². The molecule has 0 bridgehead atoms. The molecule has 0 aliphatic carbocycles. The molecule has 0 aromatic carbocycles. The van der Waals surface area contributed by atoms with E-state index in [1.54, 1.807) is 0 Å². The molecule has 1 aromatic heterocycles.